The van der Waals surface area contributed by atoms with Crippen LogP contribution >= 0.6 is 0 Å². The quantitative estimate of drug-likeness (QED) is 0.222. The van der Waals surface area contributed by atoms with Crippen molar-refractivity contribution in [3.05, 3.63) is 0 Å². The molecule has 0 bridgehead atoms. The summed E-state index contributed by atoms with van der Waals surface area (Å²) in [5.41, 5.74) is 0. The van der Waals surface area contributed by atoms with Gasteiger partial charge in [-0.05, 0) is 0 Å². The van der Waals surface area contributed by atoms with Crippen molar-refractivity contribution in [3.63, 3.8) is 0 Å². The molecule has 0 atom stereocenters. The van der Waals surface area contributed by atoms with Gasteiger partial charge < -0.3 is 23.1 Å². The van der Waals surface area contributed by atoms with E-state index in [-0.39, 0.29) is 12.4 Å². The van der Waals surface area contributed by atoms with E-state index in [0.717, 1.165) is 6.54 Å². The number of nitrogens with zero attached hydrogens (tertiary/aromatic N) is 1. The fourth-order valence-corrected chi connectivity index (χ4v) is 2.32. The molecule has 0 rings (SSSR count). The predicted octanol–water partition coefficient (Wildman–Crippen LogP) is -1.89. The van der Waals surface area contributed by atoms with Crippen LogP contribution in [0.5, 0.6) is 0 Å². The second-order valence-corrected chi connectivity index (χ2v) is 7.06. The molecule has 9 heteroatoms. The molecular weight excluding hydrogens is 266 g/mol. The van der Waals surface area contributed by atoms with Crippen LogP contribution in [0.25, 0.3) is 0 Å². The van der Waals surface area contributed by atoms with Crippen molar-refractivity contribution in [1.82, 2.24) is 0 Å². The van der Waals surface area contributed by atoms with E-state index in [1.165, 1.54) is 0 Å². The molecule has 17 heavy (non-hydrogen) atoms. The molecule has 0 aromatic carbocycles. The topological polar surface area (TPSA) is 107 Å². The van der Waals surface area contributed by atoms with E-state index in [1.54, 1.807) is 0 Å². The number of rotatable bonds is 9. The lowest BCUT2D eigenvalue weighted by Gasteiger charge is -2.30. The Bertz CT molecular complexity index is 305. The highest BCUT2D eigenvalue weighted by molar-refractivity contribution is 7.85. The molecular formula is C8H21NO6SSi. The maximum Gasteiger partial charge on any atom is 0.478 e. The van der Waals surface area contributed by atoms with Gasteiger partial charge in [0.1, 0.15) is 0 Å². The van der Waals surface area contributed by atoms with E-state index < -0.39 is 19.6 Å². The van der Waals surface area contributed by atoms with E-state index in [1.807, 2.05) is 14.1 Å². The van der Waals surface area contributed by atoms with Gasteiger partial charge in [0.25, 0.3) is 0 Å². The van der Waals surface area contributed by atoms with Gasteiger partial charge >= 0.3 is 9.53 Å². The summed E-state index contributed by atoms with van der Waals surface area (Å²) in [6, 6.07) is 0. The van der Waals surface area contributed by atoms with Crippen molar-refractivity contribution >= 4 is 19.6 Å². The highest BCUT2D eigenvalue weighted by Gasteiger charge is 2.15. The lowest BCUT2D eigenvalue weighted by atomic mass is 10.3. The zero-order valence-corrected chi connectivity index (χ0v) is 12.2. The molecule has 0 radical (unpaired) electrons. The van der Waals surface area contributed by atoms with Crippen LogP contribution in [0.2, 0.25) is 0 Å². The first kappa shape index (κ1) is 17.0. The zero-order valence-electron chi connectivity index (χ0n) is 10.2. The molecule has 0 aliphatic heterocycles. The van der Waals surface area contributed by atoms with Crippen molar-refractivity contribution < 1.29 is 31.5 Å². The molecule has 0 heterocycles. The summed E-state index contributed by atoms with van der Waals surface area (Å²) in [6.07, 6.45) is 0.985. The van der Waals surface area contributed by atoms with Crippen molar-refractivity contribution in [2.45, 2.75) is 12.8 Å². The third-order valence-electron chi connectivity index (χ3n) is 2.33. The van der Waals surface area contributed by atoms with Gasteiger partial charge in [-0.2, -0.15) is 0 Å². The Morgan fingerprint density at radius 3 is 2.24 bits per heavy atom. The van der Waals surface area contributed by atoms with E-state index in [9.17, 15) is 13.0 Å². The molecule has 0 spiro atoms. The lowest BCUT2D eigenvalue weighted by Crippen LogP contribution is -2.42. The molecule has 0 aliphatic carbocycles. The highest BCUT2D eigenvalue weighted by Crippen LogP contribution is 2.03. The Hall–Kier alpha value is -0.0331. The number of hydrogen-bond acceptors (Lipinski definition) is 6. The standard InChI is InChI=1S/C8H21NO6SSi/c1-9(2,5-3-7-15-17(13)14)6-4-8-16(10,11)12/h13-14,17H,3-8H2,1-2H3. The average molecular weight is 287 g/mol. The average Bonchev–Trinajstić information content (AvgIpc) is 2.09. The molecule has 2 N–H and O–H groups in total. The van der Waals surface area contributed by atoms with Crippen molar-refractivity contribution in [2.24, 2.45) is 0 Å². The highest BCUT2D eigenvalue weighted by atomic mass is 32.2. The van der Waals surface area contributed by atoms with Gasteiger partial charge in [-0.25, -0.2) is 8.42 Å². The van der Waals surface area contributed by atoms with Crippen molar-refractivity contribution in [1.29, 1.82) is 0 Å². The normalized spacial score (nSPS) is 13.3. The SMILES string of the molecule is C[N+](C)(CCCO[SiH](O)O)CCCS(=O)(=O)[O-]. The fraction of sp³-hybridized carbons (Fsp3) is 1.00. The monoisotopic (exact) mass is 287 g/mol. The first-order chi connectivity index (χ1) is 7.62. The minimum Gasteiger partial charge on any atom is -0.748 e. The Morgan fingerprint density at radius 2 is 1.76 bits per heavy atom. The third-order valence-corrected chi connectivity index (χ3v) is 3.65. The molecule has 0 fully saturated rings. The molecule has 7 nitrogen and oxygen atoms in total. The first-order valence-corrected chi connectivity index (χ1v) is 8.44. The van der Waals surface area contributed by atoms with Gasteiger partial charge in [0.2, 0.25) is 0 Å². The van der Waals surface area contributed by atoms with Gasteiger partial charge in [0, 0.05) is 25.2 Å². The predicted molar refractivity (Wildman–Crippen MR) is 63.2 cm³/mol. The summed E-state index contributed by atoms with van der Waals surface area (Å²) in [6.45, 7) is 1.59. The van der Waals surface area contributed by atoms with Crippen LogP contribution in [-0.2, 0) is 14.5 Å². The summed E-state index contributed by atoms with van der Waals surface area (Å²) in [7, 11) is -3.22. The molecule has 0 saturated carbocycles. The molecule has 0 aromatic heterocycles. The minimum atomic E-state index is -4.13. The molecule has 0 unspecified atom stereocenters. The van der Waals surface area contributed by atoms with Crippen LogP contribution in [0.3, 0.4) is 0 Å². The molecule has 0 aromatic rings. The molecule has 0 saturated heterocycles. The fourth-order valence-electron chi connectivity index (χ4n) is 1.46. The Morgan fingerprint density at radius 1 is 1.24 bits per heavy atom. The Kier molecular flexibility index (Phi) is 7.40. The maximum absolute atomic E-state index is 10.4. The second kappa shape index (κ2) is 7.41. The molecule has 104 valence electrons. The van der Waals surface area contributed by atoms with Gasteiger partial charge in [0.05, 0.1) is 37.3 Å². The smallest absolute Gasteiger partial charge is 0.478 e. The Labute approximate surface area is 104 Å². The molecule has 0 aliphatic rings. The summed E-state index contributed by atoms with van der Waals surface area (Å²) >= 11 is 0. The van der Waals surface area contributed by atoms with Gasteiger partial charge in [-0.1, -0.05) is 0 Å². The minimum absolute atomic E-state index is 0.283. The van der Waals surface area contributed by atoms with Crippen LogP contribution in [0.15, 0.2) is 0 Å². The molecule has 0 amide bonds. The third kappa shape index (κ3) is 12.2. The van der Waals surface area contributed by atoms with Crippen LogP contribution < -0.4 is 0 Å². The van der Waals surface area contributed by atoms with Crippen molar-refractivity contribution in [3.8, 4) is 0 Å². The van der Waals surface area contributed by atoms with Gasteiger partial charge in [-0.3, -0.25) is 0 Å². The maximum atomic E-state index is 10.4. The van der Waals surface area contributed by atoms with Crippen LogP contribution in [0, 0.1) is 0 Å². The largest absolute Gasteiger partial charge is 0.748 e. The Balaban J connectivity index is 3.72. The van der Waals surface area contributed by atoms with E-state index in [0.29, 0.717) is 23.9 Å². The lowest BCUT2D eigenvalue weighted by molar-refractivity contribution is -0.890. The van der Waals surface area contributed by atoms with Crippen LogP contribution in [-0.4, -0.2) is 76.1 Å². The first-order valence-electron chi connectivity index (χ1n) is 5.36. The summed E-state index contributed by atoms with van der Waals surface area (Å²) in [5, 5.41) is 0. The van der Waals surface area contributed by atoms with E-state index >= 15 is 0 Å². The summed E-state index contributed by atoms with van der Waals surface area (Å²) in [5.74, 6) is -0.340. The number of quaternary nitrogens is 1. The van der Waals surface area contributed by atoms with E-state index in [4.69, 9.17) is 14.0 Å². The van der Waals surface area contributed by atoms with E-state index in [2.05, 4.69) is 0 Å². The van der Waals surface area contributed by atoms with Gasteiger partial charge in [0.15, 0.2) is 0 Å². The van der Waals surface area contributed by atoms with Gasteiger partial charge in [-0.15, -0.1) is 0 Å². The van der Waals surface area contributed by atoms with Crippen LogP contribution in [0.4, 0.5) is 0 Å². The number of hydrogen-bond donors (Lipinski definition) is 2. The van der Waals surface area contributed by atoms with Crippen molar-refractivity contribution in [2.75, 3.05) is 39.5 Å². The summed E-state index contributed by atoms with van der Waals surface area (Å²) in [4.78, 5) is 17.2. The zero-order chi connectivity index (χ0) is 13.5. The summed E-state index contributed by atoms with van der Waals surface area (Å²) < 4.78 is 36.5. The second-order valence-electron chi connectivity index (χ2n) is 4.55. The van der Waals surface area contributed by atoms with Crippen LogP contribution in [0.1, 0.15) is 12.8 Å².